The minimum absolute atomic E-state index is 0.119. The largest absolute Gasteiger partial charge is 0.356 e. The molecule has 0 saturated carbocycles. The Kier molecular flexibility index (Phi) is 4.33. The third-order valence-electron chi connectivity index (χ3n) is 4.56. The van der Waals surface area contributed by atoms with Gasteiger partial charge in [0.05, 0.1) is 5.69 Å². The zero-order chi connectivity index (χ0) is 17.1. The molecule has 1 aliphatic rings. The topological polar surface area (TPSA) is 83.8 Å². The number of amides is 1. The van der Waals surface area contributed by atoms with Gasteiger partial charge in [-0.15, -0.1) is 0 Å². The number of hydrogen-bond acceptors (Lipinski definition) is 4. The number of aryl methyl sites for hydroxylation is 1. The summed E-state index contributed by atoms with van der Waals surface area (Å²) < 4.78 is 5.37. The Hall–Kier alpha value is -2.89. The van der Waals surface area contributed by atoms with Crippen molar-refractivity contribution in [2.24, 2.45) is 0 Å². The van der Waals surface area contributed by atoms with E-state index in [9.17, 15) is 4.79 Å². The SMILES string of the molecule is O=C(NCCc1cc(-c2ccccc2)on1)c1n[nH]c2c1CCCC2. The molecule has 1 aromatic carbocycles. The van der Waals surface area contributed by atoms with E-state index in [0.717, 1.165) is 54.0 Å². The molecule has 6 nitrogen and oxygen atoms in total. The number of carbonyl (C=O) groups excluding carboxylic acids is 1. The Bertz CT molecular complexity index is 867. The summed E-state index contributed by atoms with van der Waals surface area (Å²) in [6, 6.07) is 11.8. The zero-order valence-corrected chi connectivity index (χ0v) is 13.9. The maximum Gasteiger partial charge on any atom is 0.272 e. The van der Waals surface area contributed by atoms with Crippen molar-refractivity contribution in [1.29, 1.82) is 0 Å². The minimum atomic E-state index is -0.119. The van der Waals surface area contributed by atoms with Crippen molar-refractivity contribution in [1.82, 2.24) is 20.7 Å². The molecular formula is C19H20N4O2. The first kappa shape index (κ1) is 15.6. The van der Waals surface area contributed by atoms with E-state index in [0.29, 0.717) is 18.7 Å². The predicted octanol–water partition coefficient (Wildman–Crippen LogP) is 2.92. The summed E-state index contributed by atoms with van der Waals surface area (Å²) >= 11 is 0. The van der Waals surface area contributed by atoms with E-state index in [1.54, 1.807) is 0 Å². The van der Waals surface area contributed by atoms with Crippen LogP contribution in [0.4, 0.5) is 0 Å². The number of aromatic nitrogens is 3. The number of hydrogen-bond donors (Lipinski definition) is 2. The first-order valence-electron chi connectivity index (χ1n) is 8.66. The van der Waals surface area contributed by atoms with E-state index in [2.05, 4.69) is 20.7 Å². The van der Waals surface area contributed by atoms with E-state index in [4.69, 9.17) is 4.52 Å². The highest BCUT2D eigenvalue weighted by molar-refractivity contribution is 5.94. The second kappa shape index (κ2) is 6.93. The summed E-state index contributed by atoms with van der Waals surface area (Å²) in [4.78, 5) is 12.4. The van der Waals surface area contributed by atoms with Crippen molar-refractivity contribution >= 4 is 5.91 Å². The summed E-state index contributed by atoms with van der Waals surface area (Å²) in [5.74, 6) is 0.620. The molecule has 2 N–H and O–H groups in total. The lowest BCUT2D eigenvalue weighted by Gasteiger charge is -2.10. The number of benzene rings is 1. The highest BCUT2D eigenvalue weighted by Gasteiger charge is 2.21. The lowest BCUT2D eigenvalue weighted by Crippen LogP contribution is -2.27. The molecule has 2 aromatic heterocycles. The molecule has 0 unspecified atom stereocenters. The van der Waals surface area contributed by atoms with Crippen molar-refractivity contribution < 1.29 is 9.32 Å². The highest BCUT2D eigenvalue weighted by atomic mass is 16.5. The van der Waals surface area contributed by atoms with Crippen molar-refractivity contribution in [3.8, 4) is 11.3 Å². The fourth-order valence-corrected chi connectivity index (χ4v) is 3.22. The Labute approximate surface area is 145 Å². The third-order valence-corrected chi connectivity index (χ3v) is 4.56. The van der Waals surface area contributed by atoms with Gasteiger partial charge in [0.2, 0.25) is 0 Å². The maximum absolute atomic E-state index is 12.4. The van der Waals surface area contributed by atoms with Gasteiger partial charge in [-0.1, -0.05) is 35.5 Å². The van der Waals surface area contributed by atoms with Gasteiger partial charge >= 0.3 is 0 Å². The Morgan fingerprint density at radius 3 is 2.92 bits per heavy atom. The molecule has 4 rings (SSSR count). The average molecular weight is 336 g/mol. The van der Waals surface area contributed by atoms with Gasteiger partial charge in [0.15, 0.2) is 11.5 Å². The number of aromatic amines is 1. The standard InChI is InChI=1S/C19H20N4O2/c24-19(18-15-8-4-5-9-16(15)21-22-18)20-11-10-14-12-17(25-23-14)13-6-2-1-3-7-13/h1-3,6-7,12H,4-5,8-11H2,(H,20,24)(H,21,22). The highest BCUT2D eigenvalue weighted by Crippen LogP contribution is 2.22. The van der Waals surface area contributed by atoms with E-state index in [-0.39, 0.29) is 5.91 Å². The number of nitrogens with one attached hydrogen (secondary N) is 2. The number of H-pyrrole nitrogens is 1. The van der Waals surface area contributed by atoms with Crippen molar-refractivity contribution in [2.75, 3.05) is 6.54 Å². The van der Waals surface area contributed by atoms with Gasteiger partial charge in [-0.25, -0.2) is 0 Å². The van der Waals surface area contributed by atoms with Crippen LogP contribution in [0.25, 0.3) is 11.3 Å². The Balaban J connectivity index is 1.34. The predicted molar refractivity (Wildman–Crippen MR) is 93.2 cm³/mol. The fraction of sp³-hybridized carbons (Fsp3) is 0.316. The first-order valence-corrected chi connectivity index (χ1v) is 8.66. The summed E-state index contributed by atoms with van der Waals surface area (Å²) in [7, 11) is 0. The Morgan fingerprint density at radius 2 is 2.04 bits per heavy atom. The molecule has 0 bridgehead atoms. The molecule has 0 aliphatic heterocycles. The van der Waals surface area contributed by atoms with Crippen LogP contribution in [0.5, 0.6) is 0 Å². The number of carbonyl (C=O) groups is 1. The number of nitrogens with zero attached hydrogens (tertiary/aromatic N) is 2. The van der Waals surface area contributed by atoms with Crippen LogP contribution in [0.3, 0.4) is 0 Å². The molecule has 1 amide bonds. The normalized spacial score (nSPS) is 13.4. The second-order valence-electron chi connectivity index (χ2n) is 6.29. The Morgan fingerprint density at radius 1 is 1.20 bits per heavy atom. The van der Waals surface area contributed by atoms with Gasteiger partial charge in [-0.2, -0.15) is 5.10 Å². The van der Waals surface area contributed by atoms with Gasteiger partial charge in [0.25, 0.3) is 5.91 Å². The van der Waals surface area contributed by atoms with Gasteiger partial charge in [-0.05, 0) is 25.7 Å². The molecule has 3 aromatic rings. The molecule has 1 aliphatic carbocycles. The molecule has 0 atom stereocenters. The molecular weight excluding hydrogens is 316 g/mol. The van der Waals surface area contributed by atoms with Crippen LogP contribution in [0.15, 0.2) is 40.9 Å². The van der Waals surface area contributed by atoms with Crippen LogP contribution < -0.4 is 5.32 Å². The van der Waals surface area contributed by atoms with Gasteiger partial charge in [-0.3, -0.25) is 9.89 Å². The monoisotopic (exact) mass is 336 g/mol. The molecule has 0 fully saturated rings. The zero-order valence-electron chi connectivity index (χ0n) is 13.9. The molecule has 2 heterocycles. The summed E-state index contributed by atoms with van der Waals surface area (Å²) in [5, 5.41) is 14.2. The van der Waals surface area contributed by atoms with E-state index >= 15 is 0 Å². The fourth-order valence-electron chi connectivity index (χ4n) is 3.22. The van der Waals surface area contributed by atoms with Gasteiger partial charge in [0, 0.05) is 35.9 Å². The molecule has 128 valence electrons. The van der Waals surface area contributed by atoms with Crippen LogP contribution in [-0.4, -0.2) is 27.8 Å². The smallest absolute Gasteiger partial charge is 0.272 e. The molecule has 25 heavy (non-hydrogen) atoms. The third kappa shape index (κ3) is 3.33. The minimum Gasteiger partial charge on any atom is -0.356 e. The molecule has 6 heteroatoms. The van der Waals surface area contributed by atoms with Gasteiger partial charge < -0.3 is 9.84 Å². The van der Waals surface area contributed by atoms with E-state index in [1.807, 2.05) is 36.4 Å². The van der Waals surface area contributed by atoms with Crippen LogP contribution in [-0.2, 0) is 19.3 Å². The van der Waals surface area contributed by atoms with Crippen LogP contribution in [0, 0.1) is 0 Å². The lowest BCUT2D eigenvalue weighted by molar-refractivity contribution is 0.0948. The summed E-state index contributed by atoms with van der Waals surface area (Å²) in [5.41, 5.74) is 4.55. The van der Waals surface area contributed by atoms with Crippen molar-refractivity contribution in [2.45, 2.75) is 32.1 Å². The molecule has 0 saturated heterocycles. The summed E-state index contributed by atoms with van der Waals surface area (Å²) in [6.07, 6.45) is 4.81. The van der Waals surface area contributed by atoms with Gasteiger partial charge in [0.1, 0.15) is 0 Å². The summed E-state index contributed by atoms with van der Waals surface area (Å²) in [6.45, 7) is 0.501. The first-order chi connectivity index (χ1) is 12.3. The van der Waals surface area contributed by atoms with Crippen LogP contribution in [0.1, 0.15) is 40.3 Å². The van der Waals surface area contributed by atoms with E-state index < -0.39 is 0 Å². The quantitative estimate of drug-likeness (QED) is 0.750. The second-order valence-corrected chi connectivity index (χ2v) is 6.29. The number of fused-ring (bicyclic) bond motifs is 1. The molecule has 0 radical (unpaired) electrons. The van der Waals surface area contributed by atoms with Crippen LogP contribution >= 0.6 is 0 Å². The van der Waals surface area contributed by atoms with Crippen LogP contribution in [0.2, 0.25) is 0 Å². The number of rotatable bonds is 5. The van der Waals surface area contributed by atoms with Crippen molar-refractivity contribution in [3.63, 3.8) is 0 Å². The average Bonchev–Trinajstić information content (AvgIpc) is 3.29. The molecule has 0 spiro atoms. The van der Waals surface area contributed by atoms with Crippen molar-refractivity contribution in [3.05, 3.63) is 59.0 Å². The van der Waals surface area contributed by atoms with E-state index in [1.165, 1.54) is 0 Å². The maximum atomic E-state index is 12.4. The lowest BCUT2D eigenvalue weighted by atomic mass is 9.96.